The third-order valence-electron chi connectivity index (χ3n) is 8.40. The molecule has 0 saturated carbocycles. The lowest BCUT2D eigenvalue weighted by Gasteiger charge is -2.31. The van der Waals surface area contributed by atoms with Crippen LogP contribution in [0.25, 0.3) is 10.9 Å². The van der Waals surface area contributed by atoms with Gasteiger partial charge in [0.2, 0.25) is 6.43 Å². The molecule has 3 aliphatic rings. The summed E-state index contributed by atoms with van der Waals surface area (Å²) in [7, 11) is 0. The minimum absolute atomic E-state index is 0.0164. The van der Waals surface area contributed by atoms with E-state index in [0.717, 1.165) is 32.2 Å². The number of aromatic nitrogens is 2. The van der Waals surface area contributed by atoms with E-state index >= 15 is 4.39 Å². The van der Waals surface area contributed by atoms with Crippen LogP contribution < -0.4 is 20.3 Å². The van der Waals surface area contributed by atoms with Crippen LogP contribution in [0.4, 0.5) is 17.6 Å². The molecule has 1 aromatic carbocycles. The van der Waals surface area contributed by atoms with Gasteiger partial charge in [-0.1, -0.05) is 11.6 Å². The number of H-pyrrole nitrogens is 1. The molecule has 1 unspecified atom stereocenters. The van der Waals surface area contributed by atoms with Gasteiger partial charge in [0.25, 0.3) is 11.6 Å². The van der Waals surface area contributed by atoms with Crippen LogP contribution in [0, 0.1) is 5.82 Å². The van der Waals surface area contributed by atoms with Crippen molar-refractivity contribution in [3.8, 4) is 11.8 Å². The zero-order chi connectivity index (χ0) is 30.7. The van der Waals surface area contributed by atoms with Gasteiger partial charge in [0.05, 0.1) is 22.2 Å². The number of alkyl halides is 3. The Hall–Kier alpha value is -1.71. The Labute approximate surface area is 260 Å². The first-order valence-electron chi connectivity index (χ1n) is 14.6. The standard InChI is InChI=1S/C28H36BrClF4N4O5/c1-15(43-19-5-2-3-10-40-19)17(35-8-6-18(32)33)13-41-25-20-24(23(34)21(29)22(25)30)36-27(37-26(20)39)42-14-28-7-4-9-38(28)12-16(31)11-28/h15-19,35H,2-14H2,1H3,(H,36,37,39)/t15-,16-,17-,19?,28+/m1/s1. The fraction of sp³-hybridized carbons (Fsp3) is 0.714. The number of benzene rings is 1. The number of hydrogen-bond acceptors (Lipinski definition) is 8. The van der Waals surface area contributed by atoms with E-state index in [9.17, 15) is 18.0 Å². The average molecular weight is 700 g/mol. The van der Waals surface area contributed by atoms with Crippen molar-refractivity contribution < 1.29 is 36.5 Å². The first-order chi connectivity index (χ1) is 20.6. The van der Waals surface area contributed by atoms with Crippen molar-refractivity contribution in [1.29, 1.82) is 0 Å². The smallest absolute Gasteiger partial charge is 0.297 e. The van der Waals surface area contributed by atoms with Crippen molar-refractivity contribution >= 4 is 38.4 Å². The van der Waals surface area contributed by atoms with Gasteiger partial charge in [-0.3, -0.25) is 14.7 Å². The molecule has 5 atom stereocenters. The van der Waals surface area contributed by atoms with Gasteiger partial charge in [-0.2, -0.15) is 4.98 Å². The van der Waals surface area contributed by atoms with E-state index in [1.54, 1.807) is 6.92 Å². The molecular formula is C28H36BrClF4N4O5. The van der Waals surface area contributed by atoms with E-state index < -0.39 is 47.9 Å². The molecule has 0 amide bonds. The van der Waals surface area contributed by atoms with Crippen LogP contribution in [0.1, 0.15) is 51.9 Å². The van der Waals surface area contributed by atoms with E-state index in [2.05, 4.69) is 36.1 Å². The van der Waals surface area contributed by atoms with Crippen LogP contribution in [0.2, 0.25) is 5.02 Å². The maximum atomic E-state index is 15.4. The molecule has 9 nitrogen and oxygen atoms in total. The second kappa shape index (κ2) is 14.2. The second-order valence-corrected chi connectivity index (χ2v) is 12.6. The largest absolute Gasteiger partial charge is 0.489 e. The van der Waals surface area contributed by atoms with Crippen molar-refractivity contribution in [2.75, 3.05) is 39.5 Å². The molecule has 4 heterocycles. The number of fused-ring (bicyclic) bond motifs is 2. The van der Waals surface area contributed by atoms with E-state index in [-0.39, 0.29) is 58.3 Å². The van der Waals surface area contributed by atoms with E-state index in [1.165, 1.54) is 0 Å². The fourth-order valence-electron chi connectivity index (χ4n) is 6.15. The highest BCUT2D eigenvalue weighted by Crippen LogP contribution is 2.42. The lowest BCUT2D eigenvalue weighted by Crippen LogP contribution is -2.46. The SMILES string of the molecule is C[C@@H](OC1CCCCO1)[C@@H](COc1c(Cl)c(Br)c(F)c2nc(OC[C@@]34CCCN3C[C@H](F)C4)[nH]c(=O)c12)NCCC(F)F. The highest BCUT2D eigenvalue weighted by Gasteiger charge is 2.49. The summed E-state index contributed by atoms with van der Waals surface area (Å²) in [5, 5.41) is 2.60. The Kier molecular flexibility index (Phi) is 10.8. The van der Waals surface area contributed by atoms with E-state index in [0.29, 0.717) is 26.0 Å². The zero-order valence-corrected chi connectivity index (χ0v) is 26.1. The Morgan fingerprint density at radius 1 is 1.30 bits per heavy atom. The molecule has 0 spiro atoms. The third kappa shape index (κ3) is 7.41. The Balaban J connectivity index is 1.37. The summed E-state index contributed by atoms with van der Waals surface area (Å²) in [6.45, 7) is 3.36. The van der Waals surface area contributed by atoms with Gasteiger partial charge in [-0.05, 0) is 61.5 Å². The van der Waals surface area contributed by atoms with Crippen molar-refractivity contribution in [3.05, 3.63) is 25.7 Å². The topological polar surface area (TPSA) is 97.9 Å². The van der Waals surface area contributed by atoms with Gasteiger partial charge in [-0.15, -0.1) is 0 Å². The monoisotopic (exact) mass is 698 g/mol. The molecule has 3 fully saturated rings. The number of halogens is 6. The molecule has 0 bridgehead atoms. The molecule has 0 radical (unpaired) electrons. The number of nitrogens with zero attached hydrogens (tertiary/aromatic N) is 2. The van der Waals surface area contributed by atoms with Crippen LogP contribution >= 0.6 is 27.5 Å². The van der Waals surface area contributed by atoms with Crippen LogP contribution in [0.3, 0.4) is 0 Å². The van der Waals surface area contributed by atoms with E-state index in [1.807, 2.05) is 0 Å². The predicted molar refractivity (Wildman–Crippen MR) is 156 cm³/mol. The number of nitrogens with one attached hydrogen (secondary N) is 2. The van der Waals surface area contributed by atoms with Gasteiger partial charge in [0.15, 0.2) is 17.9 Å². The molecule has 0 aliphatic carbocycles. The van der Waals surface area contributed by atoms with Gasteiger partial charge in [0, 0.05) is 32.5 Å². The van der Waals surface area contributed by atoms with E-state index in [4.69, 9.17) is 30.5 Å². The minimum Gasteiger partial charge on any atom is -0.489 e. The summed E-state index contributed by atoms with van der Waals surface area (Å²) in [5.74, 6) is -1.02. The zero-order valence-electron chi connectivity index (χ0n) is 23.8. The molecule has 240 valence electrons. The summed E-state index contributed by atoms with van der Waals surface area (Å²) in [4.78, 5) is 22.1. The first kappa shape index (κ1) is 32.7. The summed E-state index contributed by atoms with van der Waals surface area (Å²) in [6.07, 6.45) is -0.239. The Morgan fingerprint density at radius 2 is 2.12 bits per heavy atom. The minimum atomic E-state index is -2.50. The molecule has 1 aromatic heterocycles. The summed E-state index contributed by atoms with van der Waals surface area (Å²) in [5.41, 5.74) is -1.57. The predicted octanol–water partition coefficient (Wildman–Crippen LogP) is 5.36. The normalized spacial score (nSPS) is 25.8. The summed E-state index contributed by atoms with van der Waals surface area (Å²) < 4.78 is 78.6. The lowest BCUT2D eigenvalue weighted by molar-refractivity contribution is -0.191. The third-order valence-corrected chi connectivity index (χ3v) is 9.74. The lowest BCUT2D eigenvalue weighted by atomic mass is 9.95. The average Bonchev–Trinajstić information content (AvgIpc) is 3.50. The van der Waals surface area contributed by atoms with Gasteiger partial charge < -0.3 is 24.3 Å². The number of aromatic amines is 1. The molecule has 3 aliphatic heterocycles. The molecule has 2 aromatic rings. The molecule has 5 rings (SSSR count). The molecule has 15 heteroatoms. The van der Waals surface area contributed by atoms with Gasteiger partial charge >= 0.3 is 0 Å². The van der Waals surface area contributed by atoms with Crippen LogP contribution in [0.15, 0.2) is 9.27 Å². The quantitative estimate of drug-likeness (QED) is 0.213. The Morgan fingerprint density at radius 3 is 2.86 bits per heavy atom. The summed E-state index contributed by atoms with van der Waals surface area (Å²) in [6, 6.07) is -0.811. The second-order valence-electron chi connectivity index (χ2n) is 11.4. The highest BCUT2D eigenvalue weighted by molar-refractivity contribution is 9.10. The van der Waals surface area contributed by atoms with Gasteiger partial charge in [-0.25, -0.2) is 17.6 Å². The number of hydrogen-bond donors (Lipinski definition) is 2. The maximum absolute atomic E-state index is 15.4. The molecule has 43 heavy (non-hydrogen) atoms. The van der Waals surface area contributed by atoms with Crippen LogP contribution in [0.5, 0.6) is 11.8 Å². The van der Waals surface area contributed by atoms with Crippen molar-refractivity contribution in [2.45, 2.75) is 88.4 Å². The van der Waals surface area contributed by atoms with Crippen LogP contribution in [-0.4, -0.2) is 90.9 Å². The Bertz CT molecular complexity index is 1340. The number of rotatable bonds is 13. The van der Waals surface area contributed by atoms with Crippen LogP contribution in [-0.2, 0) is 9.47 Å². The summed E-state index contributed by atoms with van der Waals surface area (Å²) >= 11 is 9.57. The molecule has 2 N–H and O–H groups in total. The number of ether oxygens (including phenoxy) is 4. The van der Waals surface area contributed by atoms with Crippen molar-refractivity contribution in [1.82, 2.24) is 20.2 Å². The van der Waals surface area contributed by atoms with Crippen molar-refractivity contribution in [2.24, 2.45) is 0 Å². The maximum Gasteiger partial charge on any atom is 0.297 e. The van der Waals surface area contributed by atoms with Gasteiger partial charge in [0.1, 0.15) is 35.3 Å². The fourth-order valence-corrected chi connectivity index (χ4v) is 6.75. The molecule has 3 saturated heterocycles. The highest BCUT2D eigenvalue weighted by atomic mass is 79.9. The first-order valence-corrected chi connectivity index (χ1v) is 15.8. The molecular weight excluding hydrogens is 664 g/mol. The van der Waals surface area contributed by atoms with Crippen molar-refractivity contribution in [3.63, 3.8) is 0 Å².